The molecule has 0 saturated carbocycles. The Morgan fingerprint density at radius 1 is 1.48 bits per heavy atom. The minimum atomic E-state index is -0.272. The number of nitrogens with zero attached hydrogens (tertiary/aromatic N) is 2. The van der Waals surface area contributed by atoms with E-state index in [2.05, 4.69) is 15.7 Å². The lowest BCUT2D eigenvalue weighted by atomic mass is 10.2. The molecule has 0 atom stereocenters. The second-order valence-electron chi connectivity index (χ2n) is 4.91. The van der Waals surface area contributed by atoms with Gasteiger partial charge >= 0.3 is 0 Å². The molecule has 2 aromatic rings. The van der Waals surface area contributed by atoms with Gasteiger partial charge in [0.2, 0.25) is 0 Å². The van der Waals surface area contributed by atoms with E-state index in [4.69, 9.17) is 23.8 Å². The lowest BCUT2D eigenvalue weighted by Crippen LogP contribution is -2.34. The molecule has 2 N–H and O–H groups in total. The molecule has 0 fully saturated rings. The van der Waals surface area contributed by atoms with Crippen molar-refractivity contribution in [1.82, 2.24) is 15.1 Å². The number of aromatic nitrogens is 2. The van der Waals surface area contributed by atoms with Crippen LogP contribution >= 0.6 is 23.8 Å². The number of hydrogen-bond acceptors (Lipinski definition) is 2. The molecule has 0 radical (unpaired) electrons. The van der Waals surface area contributed by atoms with E-state index in [0.717, 1.165) is 5.56 Å². The highest BCUT2D eigenvalue weighted by atomic mass is 35.5. The average Bonchev–Trinajstić information content (AvgIpc) is 2.68. The fourth-order valence-corrected chi connectivity index (χ4v) is 2.32. The molecule has 4 nitrogen and oxygen atoms in total. The van der Waals surface area contributed by atoms with Crippen molar-refractivity contribution in [2.45, 2.75) is 26.4 Å². The minimum Gasteiger partial charge on any atom is -0.360 e. The van der Waals surface area contributed by atoms with E-state index in [1.807, 2.05) is 19.9 Å². The first-order chi connectivity index (χ1) is 9.94. The van der Waals surface area contributed by atoms with Crippen LogP contribution in [0.2, 0.25) is 5.02 Å². The van der Waals surface area contributed by atoms with E-state index in [0.29, 0.717) is 22.5 Å². The maximum atomic E-state index is 13.2. The van der Waals surface area contributed by atoms with Gasteiger partial charge in [0.25, 0.3) is 0 Å². The molecular weight excluding hydrogens is 311 g/mol. The number of halogens is 2. The fourth-order valence-electron chi connectivity index (χ4n) is 1.79. The summed E-state index contributed by atoms with van der Waals surface area (Å²) in [4.78, 5) is 0. The van der Waals surface area contributed by atoms with Crippen molar-refractivity contribution in [1.29, 1.82) is 0 Å². The number of hydrogen-bond donors (Lipinski definition) is 2. The maximum Gasteiger partial charge on any atom is 0.173 e. The number of anilines is 1. The Bertz CT molecular complexity index is 642. The van der Waals surface area contributed by atoms with Crippen molar-refractivity contribution in [2.24, 2.45) is 0 Å². The van der Waals surface area contributed by atoms with E-state index < -0.39 is 0 Å². The Morgan fingerprint density at radius 2 is 2.24 bits per heavy atom. The molecule has 2 rings (SSSR count). The molecular formula is C14H16ClFN4S. The summed E-state index contributed by atoms with van der Waals surface area (Å²) in [5, 5.41) is 11.2. The molecule has 1 aromatic carbocycles. The Kier molecular flexibility index (Phi) is 5.14. The Labute approximate surface area is 133 Å². The summed E-state index contributed by atoms with van der Waals surface area (Å²) in [7, 11) is 0. The van der Waals surface area contributed by atoms with Gasteiger partial charge in [-0.3, -0.25) is 4.68 Å². The zero-order chi connectivity index (χ0) is 15.4. The average molecular weight is 327 g/mol. The van der Waals surface area contributed by atoms with Crippen LogP contribution in [0.3, 0.4) is 0 Å². The van der Waals surface area contributed by atoms with E-state index >= 15 is 0 Å². The third-order valence-electron chi connectivity index (χ3n) is 2.60. The molecule has 21 heavy (non-hydrogen) atoms. The van der Waals surface area contributed by atoms with Crippen LogP contribution in [0.5, 0.6) is 0 Å². The van der Waals surface area contributed by atoms with Gasteiger partial charge in [-0.15, -0.1) is 0 Å². The van der Waals surface area contributed by atoms with Gasteiger partial charge in [-0.25, -0.2) is 4.39 Å². The summed E-state index contributed by atoms with van der Waals surface area (Å²) >= 11 is 11.3. The summed E-state index contributed by atoms with van der Waals surface area (Å²) < 4.78 is 14.8. The maximum absolute atomic E-state index is 13.2. The highest BCUT2D eigenvalue weighted by molar-refractivity contribution is 7.80. The molecule has 1 heterocycles. The Morgan fingerprint density at radius 3 is 2.90 bits per heavy atom. The van der Waals surface area contributed by atoms with Crippen LogP contribution in [-0.4, -0.2) is 20.9 Å². The third-order valence-corrected chi connectivity index (χ3v) is 3.10. The highest BCUT2D eigenvalue weighted by Gasteiger charge is 2.09. The summed E-state index contributed by atoms with van der Waals surface area (Å²) in [5.74, 6) is 0.206. The Balaban J connectivity index is 2.07. The molecule has 0 spiro atoms. The van der Waals surface area contributed by atoms with Crippen molar-refractivity contribution in [3.8, 4) is 0 Å². The molecule has 0 saturated heterocycles. The highest BCUT2D eigenvalue weighted by Crippen LogP contribution is 2.20. The predicted octanol–water partition coefficient (Wildman–Crippen LogP) is 3.42. The SMILES string of the molecule is CC(C)NC(=S)Nc1nn(Cc2cccc(F)c2)cc1Cl. The second kappa shape index (κ2) is 6.87. The monoisotopic (exact) mass is 326 g/mol. The van der Waals surface area contributed by atoms with Crippen LogP contribution in [-0.2, 0) is 6.54 Å². The smallest absolute Gasteiger partial charge is 0.173 e. The van der Waals surface area contributed by atoms with Crippen molar-refractivity contribution >= 4 is 34.7 Å². The molecule has 0 aliphatic heterocycles. The number of rotatable bonds is 4. The van der Waals surface area contributed by atoms with Crippen molar-refractivity contribution in [3.63, 3.8) is 0 Å². The van der Waals surface area contributed by atoms with Crippen molar-refractivity contribution in [2.75, 3.05) is 5.32 Å². The van der Waals surface area contributed by atoms with Gasteiger partial charge in [0.1, 0.15) is 10.8 Å². The van der Waals surface area contributed by atoms with Crippen LogP contribution < -0.4 is 10.6 Å². The molecule has 7 heteroatoms. The lowest BCUT2D eigenvalue weighted by Gasteiger charge is -2.11. The van der Waals surface area contributed by atoms with Crippen LogP contribution in [0.25, 0.3) is 0 Å². The molecule has 1 aromatic heterocycles. The van der Waals surface area contributed by atoms with Crippen LogP contribution in [0.15, 0.2) is 30.5 Å². The zero-order valence-corrected chi connectivity index (χ0v) is 13.3. The molecule has 0 aliphatic rings. The number of thiocarbonyl (C=S) groups is 1. The zero-order valence-electron chi connectivity index (χ0n) is 11.7. The molecule has 0 amide bonds. The first-order valence-corrected chi connectivity index (χ1v) is 7.27. The topological polar surface area (TPSA) is 41.9 Å². The molecule has 0 aliphatic carbocycles. The van der Waals surface area contributed by atoms with Gasteiger partial charge in [0.15, 0.2) is 10.9 Å². The fraction of sp³-hybridized carbons (Fsp3) is 0.286. The first-order valence-electron chi connectivity index (χ1n) is 6.49. The minimum absolute atomic E-state index is 0.221. The van der Waals surface area contributed by atoms with Gasteiger partial charge in [-0.1, -0.05) is 23.7 Å². The van der Waals surface area contributed by atoms with E-state index in [9.17, 15) is 4.39 Å². The van der Waals surface area contributed by atoms with Crippen molar-refractivity contribution < 1.29 is 4.39 Å². The summed E-state index contributed by atoms with van der Waals surface area (Å²) in [6.45, 7) is 4.40. The lowest BCUT2D eigenvalue weighted by molar-refractivity contribution is 0.619. The van der Waals surface area contributed by atoms with Gasteiger partial charge in [-0.2, -0.15) is 5.10 Å². The van der Waals surface area contributed by atoms with Gasteiger partial charge < -0.3 is 10.6 Å². The van der Waals surface area contributed by atoms with E-state index in [1.54, 1.807) is 16.9 Å². The Hall–Kier alpha value is -1.66. The largest absolute Gasteiger partial charge is 0.360 e. The van der Waals surface area contributed by atoms with Crippen molar-refractivity contribution in [3.05, 3.63) is 46.9 Å². The summed E-state index contributed by atoms with van der Waals surface area (Å²) in [5.41, 5.74) is 0.809. The van der Waals surface area contributed by atoms with Gasteiger partial charge in [0, 0.05) is 12.2 Å². The summed E-state index contributed by atoms with van der Waals surface area (Å²) in [6, 6.07) is 6.59. The third kappa shape index (κ3) is 4.68. The van der Waals surface area contributed by atoms with Crippen LogP contribution in [0, 0.1) is 5.82 Å². The molecule has 0 bridgehead atoms. The van der Waals surface area contributed by atoms with Crippen LogP contribution in [0.1, 0.15) is 19.4 Å². The molecule has 0 unspecified atom stereocenters. The van der Waals surface area contributed by atoms with E-state index in [-0.39, 0.29) is 11.9 Å². The predicted molar refractivity (Wildman–Crippen MR) is 87.2 cm³/mol. The van der Waals surface area contributed by atoms with Gasteiger partial charge in [0.05, 0.1) is 6.54 Å². The van der Waals surface area contributed by atoms with Gasteiger partial charge in [-0.05, 0) is 43.8 Å². The van der Waals surface area contributed by atoms with Crippen LogP contribution in [0.4, 0.5) is 10.2 Å². The van der Waals surface area contributed by atoms with E-state index in [1.165, 1.54) is 12.1 Å². The summed E-state index contributed by atoms with van der Waals surface area (Å²) in [6.07, 6.45) is 1.67. The number of nitrogens with one attached hydrogen (secondary N) is 2. The quantitative estimate of drug-likeness (QED) is 0.845. The standard InChI is InChI=1S/C14H16ClFN4S/c1-9(2)17-14(21)18-13-12(15)8-20(19-13)7-10-4-3-5-11(16)6-10/h3-6,8-9H,7H2,1-2H3,(H2,17,18,19,21). The second-order valence-corrected chi connectivity index (χ2v) is 5.72. The normalized spacial score (nSPS) is 10.7. The number of benzene rings is 1. The first kappa shape index (κ1) is 15.7. The molecule has 112 valence electrons.